The maximum atomic E-state index is 6.31. The fraction of sp³-hybridized carbons (Fsp3) is 0.286. The van der Waals surface area contributed by atoms with E-state index in [2.05, 4.69) is 25.9 Å². The van der Waals surface area contributed by atoms with Crippen LogP contribution in [0.2, 0.25) is 0 Å². The van der Waals surface area contributed by atoms with Gasteiger partial charge in [0.25, 0.3) is 0 Å². The molecular weight excluding hydrogens is 322 g/mol. The summed E-state index contributed by atoms with van der Waals surface area (Å²) in [5.41, 5.74) is 8.93. The van der Waals surface area contributed by atoms with Gasteiger partial charge in [0.05, 0.1) is 26.5 Å². The minimum absolute atomic E-state index is 0.372. The monoisotopic (exact) mass is 337 g/mol. The van der Waals surface area contributed by atoms with Crippen LogP contribution >= 0.6 is 15.9 Å². The van der Waals surface area contributed by atoms with Crippen molar-refractivity contribution in [2.75, 3.05) is 14.2 Å². The second kappa shape index (κ2) is 6.19. The van der Waals surface area contributed by atoms with E-state index >= 15 is 0 Å². The third-order valence-corrected chi connectivity index (χ3v) is 3.95. The molecule has 2 rings (SSSR count). The zero-order valence-corrected chi connectivity index (χ0v) is 13.1. The van der Waals surface area contributed by atoms with Crippen LogP contribution in [-0.2, 0) is 0 Å². The molecule has 0 aliphatic heterocycles. The van der Waals surface area contributed by atoms with Gasteiger partial charge in [-0.05, 0) is 24.1 Å². The maximum absolute atomic E-state index is 6.31. The molecule has 1 aromatic carbocycles. The summed E-state index contributed by atoms with van der Waals surface area (Å²) in [7, 11) is 3.06. The van der Waals surface area contributed by atoms with E-state index in [0.717, 1.165) is 15.6 Å². The van der Waals surface area contributed by atoms with Crippen molar-refractivity contribution in [1.82, 2.24) is 9.97 Å². The normalized spacial score (nSPS) is 12.1. The van der Waals surface area contributed by atoms with Gasteiger partial charge in [-0.1, -0.05) is 28.1 Å². The number of nitrogens with zero attached hydrogens (tertiary/aromatic N) is 2. The SMILES string of the molecule is COc1cnc(C(N)c2cccc(Br)c2C)c(OC)n1. The molecular formula is C14H16BrN3O2. The number of benzene rings is 1. The molecule has 5 nitrogen and oxygen atoms in total. The summed E-state index contributed by atoms with van der Waals surface area (Å²) in [5, 5.41) is 0. The summed E-state index contributed by atoms with van der Waals surface area (Å²) >= 11 is 3.50. The smallest absolute Gasteiger partial charge is 0.240 e. The van der Waals surface area contributed by atoms with Gasteiger partial charge in [0.1, 0.15) is 5.69 Å². The lowest BCUT2D eigenvalue weighted by Gasteiger charge is -2.17. The van der Waals surface area contributed by atoms with Crippen molar-refractivity contribution < 1.29 is 9.47 Å². The van der Waals surface area contributed by atoms with Gasteiger partial charge in [0, 0.05) is 4.47 Å². The van der Waals surface area contributed by atoms with Crippen molar-refractivity contribution in [3.8, 4) is 11.8 Å². The number of nitrogens with two attached hydrogens (primary N) is 1. The van der Waals surface area contributed by atoms with Gasteiger partial charge in [-0.3, -0.25) is 0 Å². The first-order valence-electron chi connectivity index (χ1n) is 6.04. The number of hydrogen-bond acceptors (Lipinski definition) is 5. The maximum Gasteiger partial charge on any atom is 0.240 e. The minimum atomic E-state index is -0.416. The second-order valence-corrected chi connectivity index (χ2v) is 5.09. The lowest BCUT2D eigenvalue weighted by Crippen LogP contribution is -2.17. The highest BCUT2D eigenvalue weighted by Gasteiger charge is 2.20. The Kier molecular flexibility index (Phi) is 4.57. The van der Waals surface area contributed by atoms with E-state index in [9.17, 15) is 0 Å². The Bertz CT molecular complexity index is 619. The molecule has 0 bridgehead atoms. The number of methoxy groups -OCH3 is 2. The molecule has 0 aliphatic carbocycles. The van der Waals surface area contributed by atoms with E-state index in [1.54, 1.807) is 0 Å². The molecule has 0 amide bonds. The lowest BCUT2D eigenvalue weighted by molar-refractivity contribution is 0.355. The molecule has 0 radical (unpaired) electrons. The highest BCUT2D eigenvalue weighted by atomic mass is 79.9. The number of ether oxygens (including phenoxy) is 2. The van der Waals surface area contributed by atoms with Gasteiger partial charge < -0.3 is 15.2 Å². The van der Waals surface area contributed by atoms with Crippen LogP contribution in [0, 0.1) is 6.92 Å². The lowest BCUT2D eigenvalue weighted by atomic mass is 9.99. The fourth-order valence-electron chi connectivity index (χ4n) is 1.94. The number of halogens is 1. The first kappa shape index (κ1) is 14.7. The molecule has 2 N–H and O–H groups in total. The van der Waals surface area contributed by atoms with E-state index in [0.29, 0.717) is 17.5 Å². The molecule has 2 aromatic rings. The summed E-state index contributed by atoms with van der Waals surface area (Å²) < 4.78 is 11.3. The van der Waals surface area contributed by atoms with E-state index in [1.807, 2.05) is 25.1 Å². The molecule has 20 heavy (non-hydrogen) atoms. The molecule has 1 atom stereocenters. The Morgan fingerprint density at radius 1 is 1.25 bits per heavy atom. The van der Waals surface area contributed by atoms with Gasteiger partial charge in [0.2, 0.25) is 11.8 Å². The van der Waals surface area contributed by atoms with Crippen molar-refractivity contribution in [3.05, 3.63) is 45.7 Å². The van der Waals surface area contributed by atoms with Crippen LogP contribution in [0.3, 0.4) is 0 Å². The van der Waals surface area contributed by atoms with Gasteiger partial charge in [-0.2, -0.15) is 4.98 Å². The fourth-order valence-corrected chi connectivity index (χ4v) is 2.32. The van der Waals surface area contributed by atoms with Gasteiger partial charge in [-0.15, -0.1) is 0 Å². The molecule has 0 spiro atoms. The summed E-state index contributed by atoms with van der Waals surface area (Å²) in [6.45, 7) is 2.00. The Morgan fingerprint density at radius 2 is 2.00 bits per heavy atom. The zero-order chi connectivity index (χ0) is 14.7. The number of rotatable bonds is 4. The summed E-state index contributed by atoms with van der Waals surface area (Å²) in [6.07, 6.45) is 1.53. The highest BCUT2D eigenvalue weighted by Crippen LogP contribution is 2.30. The Morgan fingerprint density at radius 3 is 2.65 bits per heavy atom. The molecule has 0 saturated carbocycles. The van der Waals surface area contributed by atoms with Crippen molar-refractivity contribution in [1.29, 1.82) is 0 Å². The predicted molar refractivity (Wildman–Crippen MR) is 80.0 cm³/mol. The molecule has 0 fully saturated rings. The van der Waals surface area contributed by atoms with Crippen molar-refractivity contribution in [2.45, 2.75) is 13.0 Å². The summed E-state index contributed by atoms with van der Waals surface area (Å²) in [6, 6.07) is 5.47. The average molecular weight is 338 g/mol. The van der Waals surface area contributed by atoms with Crippen LogP contribution in [-0.4, -0.2) is 24.2 Å². The molecule has 1 unspecified atom stereocenters. The topological polar surface area (TPSA) is 70.3 Å². The van der Waals surface area contributed by atoms with Gasteiger partial charge >= 0.3 is 0 Å². The first-order valence-corrected chi connectivity index (χ1v) is 6.83. The second-order valence-electron chi connectivity index (χ2n) is 4.24. The van der Waals surface area contributed by atoms with E-state index < -0.39 is 6.04 Å². The van der Waals surface area contributed by atoms with Crippen LogP contribution in [0.15, 0.2) is 28.9 Å². The van der Waals surface area contributed by atoms with E-state index in [1.165, 1.54) is 20.4 Å². The van der Waals surface area contributed by atoms with Crippen LogP contribution in [0.1, 0.15) is 22.9 Å². The average Bonchev–Trinajstić information content (AvgIpc) is 2.48. The number of hydrogen-bond donors (Lipinski definition) is 1. The molecule has 0 saturated heterocycles. The van der Waals surface area contributed by atoms with Gasteiger partial charge in [-0.25, -0.2) is 4.98 Å². The first-order chi connectivity index (χ1) is 9.58. The van der Waals surface area contributed by atoms with Crippen molar-refractivity contribution >= 4 is 15.9 Å². The molecule has 6 heteroatoms. The minimum Gasteiger partial charge on any atom is -0.480 e. The van der Waals surface area contributed by atoms with Crippen molar-refractivity contribution in [2.24, 2.45) is 5.73 Å². The largest absolute Gasteiger partial charge is 0.480 e. The van der Waals surface area contributed by atoms with E-state index in [-0.39, 0.29) is 0 Å². The van der Waals surface area contributed by atoms with Crippen molar-refractivity contribution in [3.63, 3.8) is 0 Å². The molecule has 0 aliphatic rings. The summed E-state index contributed by atoms with van der Waals surface area (Å²) in [5.74, 6) is 0.764. The standard InChI is InChI=1S/C14H16BrN3O2/c1-8-9(5-4-6-10(8)15)12(16)13-14(20-3)18-11(19-2)7-17-13/h4-7,12H,16H2,1-3H3. The third-order valence-electron chi connectivity index (χ3n) is 3.09. The Hall–Kier alpha value is -1.66. The summed E-state index contributed by atoms with van der Waals surface area (Å²) in [4.78, 5) is 8.52. The highest BCUT2D eigenvalue weighted by molar-refractivity contribution is 9.10. The van der Waals surface area contributed by atoms with Crippen LogP contribution in [0.25, 0.3) is 0 Å². The third kappa shape index (κ3) is 2.76. The van der Waals surface area contributed by atoms with E-state index in [4.69, 9.17) is 15.2 Å². The van der Waals surface area contributed by atoms with Crippen LogP contribution < -0.4 is 15.2 Å². The predicted octanol–water partition coefficient (Wildman–Crippen LogP) is 2.61. The van der Waals surface area contributed by atoms with Gasteiger partial charge in [0.15, 0.2) is 0 Å². The zero-order valence-electron chi connectivity index (χ0n) is 11.6. The molecule has 1 heterocycles. The van der Waals surface area contributed by atoms with Crippen LogP contribution in [0.4, 0.5) is 0 Å². The number of aromatic nitrogens is 2. The quantitative estimate of drug-likeness (QED) is 0.928. The molecule has 1 aromatic heterocycles. The Balaban J connectivity index is 2.47. The van der Waals surface area contributed by atoms with Crippen LogP contribution in [0.5, 0.6) is 11.8 Å². The Labute approximate surface area is 126 Å². The molecule has 106 valence electrons.